The van der Waals surface area contributed by atoms with Crippen LogP contribution in [-0.4, -0.2) is 66.9 Å². The first kappa shape index (κ1) is 17.3. The van der Waals surface area contributed by atoms with E-state index in [-0.39, 0.29) is 17.8 Å². The van der Waals surface area contributed by atoms with Crippen LogP contribution in [0, 0.1) is 0 Å². The van der Waals surface area contributed by atoms with Gasteiger partial charge in [0, 0.05) is 19.6 Å². The standard InChI is InChI=1S/C17H23N3O5/c1-17(2,3)25-16(22)19-7-8-20-11(9-19)10-24-14-13(20)6-5-12(18-14)15(21)23-4/h5-6,11H,7-10H2,1-4H3/t11-/m1/s1. The zero-order valence-electron chi connectivity index (χ0n) is 14.9. The number of hydrogen-bond acceptors (Lipinski definition) is 7. The Morgan fingerprint density at radius 1 is 1.28 bits per heavy atom. The Balaban J connectivity index is 1.72. The van der Waals surface area contributed by atoms with Gasteiger partial charge in [-0.15, -0.1) is 0 Å². The first-order valence-corrected chi connectivity index (χ1v) is 8.25. The van der Waals surface area contributed by atoms with Crippen LogP contribution in [0.4, 0.5) is 10.5 Å². The third-order valence-electron chi connectivity index (χ3n) is 4.09. The lowest BCUT2D eigenvalue weighted by molar-refractivity contribution is 0.0193. The molecule has 0 unspecified atom stereocenters. The molecule has 1 atom stereocenters. The van der Waals surface area contributed by atoms with Crippen molar-refractivity contribution in [2.45, 2.75) is 32.4 Å². The zero-order valence-corrected chi connectivity index (χ0v) is 14.9. The van der Waals surface area contributed by atoms with Crippen molar-refractivity contribution >= 4 is 17.7 Å². The monoisotopic (exact) mass is 349 g/mol. The molecule has 0 aliphatic carbocycles. The largest absolute Gasteiger partial charge is 0.474 e. The minimum atomic E-state index is -0.516. The summed E-state index contributed by atoms with van der Waals surface area (Å²) >= 11 is 0. The van der Waals surface area contributed by atoms with Gasteiger partial charge in [-0.1, -0.05) is 0 Å². The number of esters is 1. The Bertz CT molecular complexity index is 685. The summed E-state index contributed by atoms with van der Waals surface area (Å²) in [5.41, 5.74) is 0.526. The third-order valence-corrected chi connectivity index (χ3v) is 4.09. The number of carbonyl (C=O) groups is 2. The molecule has 1 fully saturated rings. The molecular weight excluding hydrogens is 326 g/mol. The fraction of sp³-hybridized carbons (Fsp3) is 0.588. The molecule has 2 aliphatic rings. The highest BCUT2D eigenvalue weighted by Crippen LogP contribution is 2.34. The number of aromatic nitrogens is 1. The lowest BCUT2D eigenvalue weighted by Gasteiger charge is -2.45. The van der Waals surface area contributed by atoms with Crippen LogP contribution in [0.3, 0.4) is 0 Å². The molecule has 3 heterocycles. The lowest BCUT2D eigenvalue weighted by Crippen LogP contribution is -2.59. The topological polar surface area (TPSA) is 81.2 Å². The molecule has 1 amide bonds. The Morgan fingerprint density at radius 3 is 2.72 bits per heavy atom. The van der Waals surface area contributed by atoms with Crippen molar-refractivity contribution in [1.29, 1.82) is 0 Å². The van der Waals surface area contributed by atoms with E-state index < -0.39 is 11.6 Å². The highest BCUT2D eigenvalue weighted by Gasteiger charge is 2.36. The van der Waals surface area contributed by atoms with E-state index in [0.717, 1.165) is 5.69 Å². The van der Waals surface area contributed by atoms with Crippen molar-refractivity contribution in [2.75, 3.05) is 38.3 Å². The predicted octanol–water partition coefficient (Wildman–Crippen LogP) is 1.69. The van der Waals surface area contributed by atoms with Crippen LogP contribution < -0.4 is 9.64 Å². The first-order chi connectivity index (χ1) is 11.8. The number of methoxy groups -OCH3 is 1. The fourth-order valence-electron chi connectivity index (χ4n) is 2.96. The van der Waals surface area contributed by atoms with E-state index in [1.54, 1.807) is 11.0 Å². The van der Waals surface area contributed by atoms with Gasteiger partial charge < -0.3 is 24.0 Å². The maximum Gasteiger partial charge on any atom is 0.410 e. The quantitative estimate of drug-likeness (QED) is 0.714. The number of hydrogen-bond donors (Lipinski definition) is 0. The average molecular weight is 349 g/mol. The van der Waals surface area contributed by atoms with Crippen molar-refractivity contribution in [2.24, 2.45) is 0 Å². The van der Waals surface area contributed by atoms with Crippen LogP contribution in [0.25, 0.3) is 0 Å². The van der Waals surface area contributed by atoms with Gasteiger partial charge in [0.1, 0.15) is 17.9 Å². The second-order valence-corrected chi connectivity index (χ2v) is 7.10. The van der Waals surface area contributed by atoms with Gasteiger partial charge >= 0.3 is 12.1 Å². The smallest absolute Gasteiger partial charge is 0.410 e. The van der Waals surface area contributed by atoms with Crippen molar-refractivity contribution < 1.29 is 23.8 Å². The molecular formula is C17H23N3O5. The van der Waals surface area contributed by atoms with Gasteiger partial charge in [-0.25, -0.2) is 14.6 Å². The number of fused-ring (bicyclic) bond motifs is 3. The molecule has 1 saturated heterocycles. The molecule has 3 rings (SSSR count). The molecule has 136 valence electrons. The van der Waals surface area contributed by atoms with Gasteiger partial charge in [0.15, 0.2) is 5.69 Å². The predicted molar refractivity (Wildman–Crippen MR) is 90.0 cm³/mol. The normalized spacial score (nSPS) is 19.4. The number of amides is 1. The minimum Gasteiger partial charge on any atom is -0.474 e. The van der Waals surface area contributed by atoms with E-state index in [0.29, 0.717) is 32.1 Å². The van der Waals surface area contributed by atoms with Gasteiger partial charge in [0.05, 0.1) is 13.2 Å². The van der Waals surface area contributed by atoms with Gasteiger partial charge in [-0.3, -0.25) is 0 Å². The summed E-state index contributed by atoms with van der Waals surface area (Å²) in [6, 6.07) is 3.46. The summed E-state index contributed by atoms with van der Waals surface area (Å²) in [4.78, 5) is 32.0. The number of anilines is 1. The summed E-state index contributed by atoms with van der Waals surface area (Å²) in [5, 5.41) is 0. The molecule has 0 N–H and O–H groups in total. The number of nitrogens with zero attached hydrogens (tertiary/aromatic N) is 3. The van der Waals surface area contributed by atoms with Crippen LogP contribution >= 0.6 is 0 Å². The van der Waals surface area contributed by atoms with E-state index in [1.807, 2.05) is 26.8 Å². The first-order valence-electron chi connectivity index (χ1n) is 8.25. The zero-order chi connectivity index (χ0) is 18.2. The highest BCUT2D eigenvalue weighted by atomic mass is 16.6. The number of rotatable bonds is 1. The number of ether oxygens (including phenoxy) is 3. The molecule has 8 nitrogen and oxygen atoms in total. The minimum absolute atomic E-state index is 0.0274. The Kier molecular flexibility index (Phi) is 4.45. The molecule has 1 aromatic heterocycles. The van der Waals surface area contributed by atoms with Crippen molar-refractivity contribution in [1.82, 2.24) is 9.88 Å². The van der Waals surface area contributed by atoms with Crippen molar-refractivity contribution in [3.8, 4) is 5.88 Å². The van der Waals surface area contributed by atoms with Crippen molar-refractivity contribution in [3.63, 3.8) is 0 Å². The molecule has 0 aromatic carbocycles. The Hall–Kier alpha value is -2.51. The van der Waals surface area contributed by atoms with Crippen LogP contribution in [-0.2, 0) is 9.47 Å². The van der Waals surface area contributed by atoms with Crippen LogP contribution in [0.5, 0.6) is 5.88 Å². The lowest BCUT2D eigenvalue weighted by atomic mass is 10.1. The molecule has 8 heteroatoms. The van der Waals surface area contributed by atoms with E-state index >= 15 is 0 Å². The second-order valence-electron chi connectivity index (χ2n) is 7.10. The summed E-state index contributed by atoms with van der Waals surface area (Å²) in [6.45, 7) is 7.68. The van der Waals surface area contributed by atoms with E-state index in [9.17, 15) is 9.59 Å². The maximum absolute atomic E-state index is 12.3. The van der Waals surface area contributed by atoms with Gasteiger partial charge in [0.25, 0.3) is 0 Å². The summed E-state index contributed by atoms with van der Waals surface area (Å²) in [7, 11) is 1.32. The van der Waals surface area contributed by atoms with E-state index in [4.69, 9.17) is 9.47 Å². The molecule has 0 radical (unpaired) electrons. The van der Waals surface area contributed by atoms with E-state index in [2.05, 4.69) is 14.6 Å². The molecule has 2 aliphatic heterocycles. The highest BCUT2D eigenvalue weighted by molar-refractivity contribution is 5.88. The van der Waals surface area contributed by atoms with Crippen LogP contribution in [0.2, 0.25) is 0 Å². The molecule has 25 heavy (non-hydrogen) atoms. The van der Waals surface area contributed by atoms with Gasteiger partial charge in [0.2, 0.25) is 5.88 Å². The van der Waals surface area contributed by atoms with Crippen LogP contribution in [0.15, 0.2) is 12.1 Å². The third kappa shape index (κ3) is 3.62. The van der Waals surface area contributed by atoms with Crippen molar-refractivity contribution in [3.05, 3.63) is 17.8 Å². The molecule has 0 bridgehead atoms. The Morgan fingerprint density at radius 2 is 2.04 bits per heavy atom. The SMILES string of the molecule is COC(=O)c1ccc2c(n1)OC[C@H]1CN(C(=O)OC(C)(C)C)CCN21. The average Bonchev–Trinajstić information content (AvgIpc) is 2.58. The summed E-state index contributed by atoms with van der Waals surface area (Å²) in [6.07, 6.45) is -0.308. The number of carbonyl (C=O) groups excluding carboxylic acids is 2. The Labute approximate surface area is 146 Å². The molecule has 0 saturated carbocycles. The van der Waals surface area contributed by atoms with Crippen LogP contribution in [0.1, 0.15) is 31.3 Å². The van der Waals surface area contributed by atoms with Gasteiger partial charge in [-0.05, 0) is 32.9 Å². The molecule has 1 aromatic rings. The fourth-order valence-corrected chi connectivity index (χ4v) is 2.96. The van der Waals surface area contributed by atoms with E-state index in [1.165, 1.54) is 7.11 Å². The number of piperazine rings is 1. The molecule has 0 spiro atoms. The van der Waals surface area contributed by atoms with Gasteiger partial charge in [-0.2, -0.15) is 0 Å². The maximum atomic E-state index is 12.3. The number of pyridine rings is 1. The summed E-state index contributed by atoms with van der Waals surface area (Å²) < 4.78 is 15.8. The summed E-state index contributed by atoms with van der Waals surface area (Å²) in [5.74, 6) is -0.0758. The second kappa shape index (κ2) is 6.42.